The summed E-state index contributed by atoms with van der Waals surface area (Å²) in [6, 6.07) is 25.8. The molecule has 0 heterocycles. The summed E-state index contributed by atoms with van der Waals surface area (Å²) < 4.78 is 5.91. The van der Waals surface area contributed by atoms with Crippen molar-refractivity contribution in [3.05, 3.63) is 101 Å². The van der Waals surface area contributed by atoms with Gasteiger partial charge in [-0.3, -0.25) is 4.90 Å². The van der Waals surface area contributed by atoms with Gasteiger partial charge in [-0.05, 0) is 49.6 Å². The van der Waals surface area contributed by atoms with Crippen molar-refractivity contribution in [2.24, 2.45) is 0 Å². The molecule has 3 aromatic carbocycles. The van der Waals surface area contributed by atoms with E-state index in [-0.39, 0.29) is 12.1 Å². The molecule has 4 nitrogen and oxygen atoms in total. The lowest BCUT2D eigenvalue weighted by atomic mass is 10.00. The van der Waals surface area contributed by atoms with Crippen molar-refractivity contribution >= 4 is 0 Å². The molecular weight excluding hydrogens is 386 g/mol. The highest BCUT2D eigenvalue weighted by Gasteiger charge is 2.25. The average Bonchev–Trinajstić information content (AvgIpc) is 2.78. The third-order valence-electron chi connectivity index (χ3n) is 5.44. The van der Waals surface area contributed by atoms with Crippen LogP contribution in [0, 0.1) is 0 Å². The van der Waals surface area contributed by atoms with E-state index in [2.05, 4.69) is 37.8 Å². The van der Waals surface area contributed by atoms with Gasteiger partial charge in [0, 0.05) is 24.2 Å². The van der Waals surface area contributed by atoms with E-state index in [1.165, 1.54) is 5.56 Å². The second-order valence-corrected chi connectivity index (χ2v) is 8.85. The van der Waals surface area contributed by atoms with Gasteiger partial charge >= 0.3 is 0 Å². The maximum Gasteiger partial charge on any atom is 0.125 e. The fourth-order valence-corrected chi connectivity index (χ4v) is 3.50. The number of hydrogen-bond donors (Lipinski definition) is 2. The van der Waals surface area contributed by atoms with Crippen molar-refractivity contribution in [3.63, 3.8) is 0 Å². The van der Waals surface area contributed by atoms with Crippen molar-refractivity contribution in [1.82, 2.24) is 4.90 Å². The molecule has 0 fully saturated rings. The molecule has 0 spiro atoms. The van der Waals surface area contributed by atoms with E-state index in [9.17, 15) is 10.2 Å². The lowest BCUT2D eigenvalue weighted by molar-refractivity contribution is 0.0522. The number of hydrogen-bond acceptors (Lipinski definition) is 4. The van der Waals surface area contributed by atoms with E-state index in [4.69, 9.17) is 4.74 Å². The van der Waals surface area contributed by atoms with E-state index in [1.54, 1.807) is 0 Å². The standard InChI is InChI=1S/C27H33NO3/c1-27(2,3)28(17-21-10-6-4-7-11-21)18-25(30)23-14-15-26(24(16-23)19-29)31-20-22-12-8-5-9-13-22/h4-16,25,29-30H,17-20H2,1-3H3/t25-/m0/s1. The normalized spacial score (nSPS) is 12.7. The zero-order valence-corrected chi connectivity index (χ0v) is 18.7. The van der Waals surface area contributed by atoms with Crippen molar-refractivity contribution in [2.45, 2.75) is 52.2 Å². The van der Waals surface area contributed by atoms with Crippen molar-refractivity contribution < 1.29 is 14.9 Å². The molecule has 0 amide bonds. The SMILES string of the molecule is CC(C)(C)N(Cc1ccccc1)C[C@H](O)c1ccc(OCc2ccccc2)c(CO)c1. The molecule has 0 aliphatic carbocycles. The van der Waals surface area contributed by atoms with Crippen LogP contribution in [0.3, 0.4) is 0 Å². The van der Waals surface area contributed by atoms with Gasteiger partial charge in [0.2, 0.25) is 0 Å². The van der Waals surface area contributed by atoms with Crippen LogP contribution in [-0.4, -0.2) is 27.2 Å². The quantitative estimate of drug-likeness (QED) is 0.507. The molecule has 2 N–H and O–H groups in total. The maximum atomic E-state index is 11.0. The number of nitrogens with zero attached hydrogens (tertiary/aromatic N) is 1. The minimum atomic E-state index is -0.670. The van der Waals surface area contributed by atoms with Crippen molar-refractivity contribution in [2.75, 3.05) is 6.54 Å². The third-order valence-corrected chi connectivity index (χ3v) is 5.44. The molecule has 0 aliphatic heterocycles. The number of benzene rings is 3. The first-order valence-corrected chi connectivity index (χ1v) is 10.7. The molecule has 164 valence electrons. The van der Waals surface area contributed by atoms with Gasteiger partial charge in [-0.15, -0.1) is 0 Å². The van der Waals surface area contributed by atoms with Gasteiger partial charge in [0.25, 0.3) is 0 Å². The van der Waals surface area contributed by atoms with Gasteiger partial charge < -0.3 is 14.9 Å². The Kier molecular flexibility index (Phi) is 7.85. The second kappa shape index (κ2) is 10.6. The number of aliphatic hydroxyl groups excluding tert-OH is 2. The van der Waals surface area contributed by atoms with Crippen LogP contribution in [0.1, 0.15) is 49.1 Å². The number of aliphatic hydroxyl groups is 2. The summed E-state index contributed by atoms with van der Waals surface area (Å²) >= 11 is 0. The molecule has 1 atom stereocenters. The minimum absolute atomic E-state index is 0.102. The van der Waals surface area contributed by atoms with Crippen molar-refractivity contribution in [1.29, 1.82) is 0 Å². The van der Waals surface area contributed by atoms with Crippen LogP contribution in [0.4, 0.5) is 0 Å². The Morgan fingerprint density at radius 1 is 0.871 bits per heavy atom. The topological polar surface area (TPSA) is 52.9 Å². The van der Waals surface area contributed by atoms with E-state index >= 15 is 0 Å². The largest absolute Gasteiger partial charge is 0.489 e. The van der Waals surface area contributed by atoms with Gasteiger partial charge in [-0.2, -0.15) is 0 Å². The summed E-state index contributed by atoms with van der Waals surface area (Å²) in [7, 11) is 0. The Bertz CT molecular complexity index is 936. The van der Waals surface area contributed by atoms with Gasteiger partial charge in [0.1, 0.15) is 12.4 Å². The molecule has 0 saturated heterocycles. The lowest BCUT2D eigenvalue weighted by Crippen LogP contribution is -2.43. The zero-order chi connectivity index (χ0) is 22.3. The van der Waals surface area contributed by atoms with Gasteiger partial charge in [-0.25, -0.2) is 0 Å². The van der Waals surface area contributed by atoms with Crippen LogP contribution in [-0.2, 0) is 19.8 Å². The molecule has 0 aliphatic rings. The van der Waals surface area contributed by atoms with E-state index in [0.717, 1.165) is 17.7 Å². The highest BCUT2D eigenvalue weighted by atomic mass is 16.5. The maximum absolute atomic E-state index is 11.0. The highest BCUT2D eigenvalue weighted by molar-refractivity contribution is 5.38. The highest BCUT2D eigenvalue weighted by Crippen LogP contribution is 2.27. The third kappa shape index (κ3) is 6.66. The van der Waals surface area contributed by atoms with Gasteiger partial charge in [-0.1, -0.05) is 66.7 Å². The van der Waals surface area contributed by atoms with E-state index in [0.29, 0.717) is 24.5 Å². The summed E-state index contributed by atoms with van der Waals surface area (Å²) in [5.74, 6) is 0.638. The predicted molar refractivity (Wildman–Crippen MR) is 125 cm³/mol. The summed E-state index contributed by atoms with van der Waals surface area (Å²) in [4.78, 5) is 2.27. The van der Waals surface area contributed by atoms with Gasteiger partial charge in [0.15, 0.2) is 0 Å². The summed E-state index contributed by atoms with van der Waals surface area (Å²) in [6.07, 6.45) is -0.670. The molecule has 3 rings (SSSR count). The first kappa shape index (κ1) is 23.0. The van der Waals surface area contributed by atoms with Crippen LogP contribution in [0.2, 0.25) is 0 Å². The minimum Gasteiger partial charge on any atom is -0.489 e. The Labute approximate surface area is 185 Å². The van der Waals surface area contributed by atoms with Crippen molar-refractivity contribution in [3.8, 4) is 5.75 Å². The molecular formula is C27H33NO3. The Balaban J connectivity index is 1.71. The predicted octanol–water partition coefficient (Wildman–Crippen LogP) is 5.09. The first-order chi connectivity index (χ1) is 14.9. The van der Waals surface area contributed by atoms with Crippen LogP contribution in [0.15, 0.2) is 78.9 Å². The summed E-state index contributed by atoms with van der Waals surface area (Å²) in [6.45, 7) is 8.01. The second-order valence-electron chi connectivity index (χ2n) is 8.85. The van der Waals surface area contributed by atoms with Crippen LogP contribution >= 0.6 is 0 Å². The molecule has 3 aromatic rings. The number of β-amino-alcohol motifs (C(OH)–C–C–N with tert-alkyl or cyclic N) is 1. The Morgan fingerprint density at radius 3 is 2.06 bits per heavy atom. The molecule has 0 radical (unpaired) electrons. The molecule has 0 bridgehead atoms. The van der Waals surface area contributed by atoms with E-state index in [1.807, 2.05) is 66.7 Å². The van der Waals surface area contributed by atoms with Crippen LogP contribution in [0.5, 0.6) is 5.75 Å². The Morgan fingerprint density at radius 2 is 1.48 bits per heavy atom. The first-order valence-electron chi connectivity index (χ1n) is 10.7. The monoisotopic (exact) mass is 419 g/mol. The summed E-state index contributed by atoms with van der Waals surface area (Å²) in [5, 5.41) is 20.8. The number of rotatable bonds is 9. The lowest BCUT2D eigenvalue weighted by Gasteiger charge is -2.37. The van der Waals surface area contributed by atoms with Gasteiger partial charge in [0.05, 0.1) is 12.7 Å². The zero-order valence-electron chi connectivity index (χ0n) is 18.7. The molecule has 4 heteroatoms. The average molecular weight is 420 g/mol. The molecule has 0 aromatic heterocycles. The fraction of sp³-hybridized carbons (Fsp3) is 0.333. The van der Waals surface area contributed by atoms with E-state index < -0.39 is 6.10 Å². The smallest absolute Gasteiger partial charge is 0.125 e. The molecule has 0 unspecified atom stereocenters. The molecule has 31 heavy (non-hydrogen) atoms. The van der Waals surface area contributed by atoms with Crippen LogP contribution in [0.25, 0.3) is 0 Å². The summed E-state index contributed by atoms with van der Waals surface area (Å²) in [5.41, 5.74) is 3.63. The van der Waals surface area contributed by atoms with Crippen LogP contribution < -0.4 is 4.74 Å². The number of ether oxygens (including phenoxy) is 1. The fourth-order valence-electron chi connectivity index (χ4n) is 3.50. The Hall–Kier alpha value is -2.66. The molecule has 0 saturated carbocycles.